The van der Waals surface area contributed by atoms with Crippen LogP contribution in [0.2, 0.25) is 0 Å². The molecule has 0 bridgehead atoms. The molecule has 0 heterocycles. The Bertz CT molecular complexity index is 339. The summed E-state index contributed by atoms with van der Waals surface area (Å²) in [4.78, 5) is 0. The minimum Gasteiger partial charge on any atom is -0.491 e. The molecule has 4 heteroatoms. The summed E-state index contributed by atoms with van der Waals surface area (Å²) >= 11 is 4.78. The van der Waals surface area contributed by atoms with Gasteiger partial charge in [0.2, 0.25) is 0 Å². The highest BCUT2D eigenvalue weighted by atomic mass is 32.1. The number of para-hydroxylation sites is 2. The zero-order valence-electron chi connectivity index (χ0n) is 8.99. The Morgan fingerprint density at radius 2 is 2.13 bits per heavy atom. The van der Waals surface area contributed by atoms with Crippen molar-refractivity contribution in [3.63, 3.8) is 0 Å². The Morgan fingerprint density at radius 1 is 1.47 bits per heavy atom. The molecule has 15 heavy (non-hydrogen) atoms. The fourth-order valence-electron chi connectivity index (χ4n) is 1.08. The van der Waals surface area contributed by atoms with E-state index in [1.807, 2.05) is 24.3 Å². The maximum absolute atomic E-state index is 5.62. The van der Waals surface area contributed by atoms with Gasteiger partial charge < -0.3 is 15.8 Å². The maximum atomic E-state index is 5.62. The Hall–Kier alpha value is -1.29. The molecule has 0 unspecified atom stereocenters. The van der Waals surface area contributed by atoms with Gasteiger partial charge in [0, 0.05) is 0 Å². The molecular formula is C11H16N2OS. The van der Waals surface area contributed by atoms with Gasteiger partial charge in [0.05, 0.1) is 12.3 Å². The molecule has 0 amide bonds. The third-order valence-corrected chi connectivity index (χ3v) is 1.82. The highest BCUT2D eigenvalue weighted by Gasteiger charge is 2.03. The van der Waals surface area contributed by atoms with Gasteiger partial charge in [-0.05, 0) is 30.3 Å². The number of ether oxygens (including phenoxy) is 1. The number of hydrogen-bond acceptors (Lipinski definition) is 2. The maximum Gasteiger partial charge on any atom is 0.168 e. The van der Waals surface area contributed by atoms with Crippen LogP contribution < -0.4 is 15.8 Å². The number of benzene rings is 1. The standard InChI is InChI=1S/C11H16N2OS/c1-8(2)7-14-10-6-4-3-5-9(10)13-11(12)15/h3-6,8H,7H2,1-2H3,(H3,12,13,15). The number of thiocarbonyl (C=S) groups is 1. The van der Waals surface area contributed by atoms with Crippen molar-refractivity contribution in [2.24, 2.45) is 11.7 Å². The third-order valence-electron chi connectivity index (χ3n) is 1.72. The van der Waals surface area contributed by atoms with Gasteiger partial charge in [0.15, 0.2) is 5.11 Å². The topological polar surface area (TPSA) is 47.3 Å². The van der Waals surface area contributed by atoms with Crippen molar-refractivity contribution in [2.45, 2.75) is 13.8 Å². The van der Waals surface area contributed by atoms with Gasteiger partial charge in [-0.25, -0.2) is 0 Å². The van der Waals surface area contributed by atoms with Crippen molar-refractivity contribution >= 4 is 23.0 Å². The van der Waals surface area contributed by atoms with E-state index in [2.05, 4.69) is 19.2 Å². The fourth-order valence-corrected chi connectivity index (χ4v) is 1.19. The Labute approximate surface area is 95.6 Å². The number of nitrogens with two attached hydrogens (primary N) is 1. The van der Waals surface area contributed by atoms with E-state index in [0.29, 0.717) is 12.5 Å². The smallest absolute Gasteiger partial charge is 0.168 e. The van der Waals surface area contributed by atoms with Crippen molar-refractivity contribution in [3.8, 4) is 5.75 Å². The van der Waals surface area contributed by atoms with Crippen molar-refractivity contribution in [1.29, 1.82) is 0 Å². The molecule has 0 aliphatic carbocycles. The lowest BCUT2D eigenvalue weighted by atomic mass is 10.2. The molecule has 0 spiro atoms. The number of hydrogen-bond donors (Lipinski definition) is 2. The van der Waals surface area contributed by atoms with Crippen LogP contribution >= 0.6 is 12.2 Å². The van der Waals surface area contributed by atoms with Crippen LogP contribution in [0.4, 0.5) is 5.69 Å². The van der Waals surface area contributed by atoms with Gasteiger partial charge in [-0.15, -0.1) is 0 Å². The molecule has 3 N–H and O–H groups in total. The van der Waals surface area contributed by atoms with E-state index in [0.717, 1.165) is 11.4 Å². The summed E-state index contributed by atoms with van der Waals surface area (Å²) in [7, 11) is 0. The lowest BCUT2D eigenvalue weighted by molar-refractivity contribution is 0.272. The molecular weight excluding hydrogens is 208 g/mol. The van der Waals surface area contributed by atoms with Crippen LogP contribution in [0.15, 0.2) is 24.3 Å². The lowest BCUT2D eigenvalue weighted by Gasteiger charge is -2.13. The number of nitrogens with one attached hydrogen (secondary N) is 1. The summed E-state index contributed by atoms with van der Waals surface area (Å²) in [5, 5.41) is 3.13. The summed E-state index contributed by atoms with van der Waals surface area (Å²) in [6, 6.07) is 7.60. The molecule has 1 aromatic rings. The molecule has 0 radical (unpaired) electrons. The van der Waals surface area contributed by atoms with Gasteiger partial charge in [-0.1, -0.05) is 26.0 Å². The van der Waals surface area contributed by atoms with Gasteiger partial charge in [0.25, 0.3) is 0 Å². The van der Waals surface area contributed by atoms with Crippen LogP contribution in [0.1, 0.15) is 13.8 Å². The predicted molar refractivity (Wildman–Crippen MR) is 67.2 cm³/mol. The van der Waals surface area contributed by atoms with Crippen molar-refractivity contribution in [3.05, 3.63) is 24.3 Å². The quantitative estimate of drug-likeness (QED) is 0.771. The van der Waals surface area contributed by atoms with Crippen LogP contribution in [0.3, 0.4) is 0 Å². The van der Waals surface area contributed by atoms with E-state index in [1.165, 1.54) is 0 Å². The molecule has 0 fully saturated rings. The third kappa shape index (κ3) is 4.16. The highest BCUT2D eigenvalue weighted by Crippen LogP contribution is 2.23. The molecule has 1 aromatic carbocycles. The van der Waals surface area contributed by atoms with Crippen LogP contribution in [-0.2, 0) is 0 Å². The minimum atomic E-state index is 0.246. The first-order chi connectivity index (χ1) is 7.09. The van der Waals surface area contributed by atoms with Crippen molar-refractivity contribution in [1.82, 2.24) is 0 Å². The summed E-state index contributed by atoms with van der Waals surface area (Å²) < 4.78 is 5.62. The fraction of sp³-hybridized carbons (Fsp3) is 0.364. The average Bonchev–Trinajstić information content (AvgIpc) is 2.15. The highest BCUT2D eigenvalue weighted by molar-refractivity contribution is 7.80. The first kappa shape index (κ1) is 11.8. The summed E-state index contributed by atoms with van der Waals surface area (Å²) in [6.07, 6.45) is 0. The van der Waals surface area contributed by atoms with E-state index in [1.54, 1.807) is 0 Å². The normalized spacial score (nSPS) is 10.1. The van der Waals surface area contributed by atoms with Gasteiger partial charge >= 0.3 is 0 Å². The number of anilines is 1. The second-order valence-electron chi connectivity index (χ2n) is 3.69. The average molecular weight is 224 g/mol. The van der Waals surface area contributed by atoms with Crippen molar-refractivity contribution in [2.75, 3.05) is 11.9 Å². The van der Waals surface area contributed by atoms with E-state index >= 15 is 0 Å². The summed E-state index contributed by atoms with van der Waals surface area (Å²) in [6.45, 7) is 4.88. The van der Waals surface area contributed by atoms with E-state index < -0.39 is 0 Å². The van der Waals surface area contributed by atoms with Gasteiger partial charge in [-0.3, -0.25) is 0 Å². The zero-order chi connectivity index (χ0) is 11.3. The second-order valence-corrected chi connectivity index (χ2v) is 4.13. The van der Waals surface area contributed by atoms with Crippen LogP contribution in [-0.4, -0.2) is 11.7 Å². The number of rotatable bonds is 4. The zero-order valence-corrected chi connectivity index (χ0v) is 9.80. The van der Waals surface area contributed by atoms with Crippen LogP contribution in [0, 0.1) is 5.92 Å². The van der Waals surface area contributed by atoms with Gasteiger partial charge in [-0.2, -0.15) is 0 Å². The Kier molecular flexibility index (Phi) is 4.37. The molecule has 0 atom stereocenters. The first-order valence-electron chi connectivity index (χ1n) is 4.88. The first-order valence-corrected chi connectivity index (χ1v) is 5.28. The van der Waals surface area contributed by atoms with E-state index in [9.17, 15) is 0 Å². The molecule has 1 rings (SSSR count). The monoisotopic (exact) mass is 224 g/mol. The molecule has 3 nitrogen and oxygen atoms in total. The van der Waals surface area contributed by atoms with Crippen LogP contribution in [0.5, 0.6) is 5.75 Å². The summed E-state index contributed by atoms with van der Waals surface area (Å²) in [5.74, 6) is 1.27. The molecule has 0 aromatic heterocycles. The van der Waals surface area contributed by atoms with Crippen LogP contribution in [0.25, 0.3) is 0 Å². The molecule has 0 aliphatic heterocycles. The Morgan fingerprint density at radius 3 is 2.73 bits per heavy atom. The largest absolute Gasteiger partial charge is 0.491 e. The minimum absolute atomic E-state index is 0.246. The molecule has 82 valence electrons. The van der Waals surface area contributed by atoms with E-state index in [-0.39, 0.29) is 5.11 Å². The van der Waals surface area contributed by atoms with Crippen molar-refractivity contribution < 1.29 is 4.74 Å². The molecule has 0 saturated carbocycles. The van der Waals surface area contributed by atoms with E-state index in [4.69, 9.17) is 22.7 Å². The van der Waals surface area contributed by atoms with Gasteiger partial charge in [0.1, 0.15) is 5.75 Å². The SMILES string of the molecule is CC(C)COc1ccccc1NC(N)=S. The molecule has 0 saturated heterocycles. The Balaban J connectivity index is 2.72. The second kappa shape index (κ2) is 5.56. The summed E-state index contributed by atoms with van der Waals surface area (Å²) in [5.41, 5.74) is 6.22. The molecule has 0 aliphatic rings. The lowest BCUT2D eigenvalue weighted by Crippen LogP contribution is -2.19. The predicted octanol–water partition coefficient (Wildman–Crippen LogP) is 2.38.